The molecule has 4 unspecified atom stereocenters. The van der Waals surface area contributed by atoms with Crippen LogP contribution in [0.1, 0.15) is 25.7 Å². The molecule has 3 aliphatic heterocycles. The molecule has 3 saturated heterocycles. The minimum Gasteiger partial charge on any atom is -0.479 e. The minimum atomic E-state index is -1.24. The zero-order valence-electron chi connectivity index (χ0n) is 10.1. The van der Waals surface area contributed by atoms with Crippen molar-refractivity contribution in [2.75, 3.05) is 13.2 Å². The van der Waals surface area contributed by atoms with Crippen molar-refractivity contribution in [3.05, 3.63) is 0 Å². The van der Waals surface area contributed by atoms with Crippen molar-refractivity contribution in [1.82, 2.24) is 5.32 Å². The third-order valence-corrected chi connectivity index (χ3v) is 4.24. The van der Waals surface area contributed by atoms with Crippen LogP contribution in [0, 0.1) is 5.92 Å². The first-order chi connectivity index (χ1) is 8.61. The van der Waals surface area contributed by atoms with Crippen LogP contribution in [-0.2, 0) is 19.1 Å². The molecule has 0 aromatic carbocycles. The van der Waals surface area contributed by atoms with Crippen LogP contribution in [0.15, 0.2) is 0 Å². The highest BCUT2D eigenvalue weighted by Gasteiger charge is 2.49. The molecule has 0 aromatic heterocycles. The Morgan fingerprint density at radius 1 is 1.33 bits per heavy atom. The smallest absolute Gasteiger partial charge is 0.331 e. The first kappa shape index (κ1) is 11.9. The van der Waals surface area contributed by atoms with Crippen LogP contribution in [0.5, 0.6) is 0 Å². The molecule has 3 fully saturated rings. The first-order valence-corrected chi connectivity index (χ1v) is 6.39. The normalized spacial score (nSPS) is 42.1. The second-order valence-electron chi connectivity index (χ2n) is 5.40. The van der Waals surface area contributed by atoms with Gasteiger partial charge in [0, 0.05) is 13.0 Å². The van der Waals surface area contributed by atoms with Gasteiger partial charge in [-0.15, -0.1) is 0 Å². The fraction of sp³-hybridized carbons (Fsp3) is 0.833. The van der Waals surface area contributed by atoms with E-state index in [1.807, 2.05) is 0 Å². The van der Waals surface area contributed by atoms with Crippen molar-refractivity contribution in [3.63, 3.8) is 0 Å². The van der Waals surface area contributed by atoms with Gasteiger partial charge < -0.3 is 19.9 Å². The summed E-state index contributed by atoms with van der Waals surface area (Å²) in [5, 5.41) is 11.9. The fourth-order valence-electron chi connectivity index (χ4n) is 3.13. The lowest BCUT2D eigenvalue weighted by Crippen LogP contribution is -2.57. The number of ether oxygens (including phenoxy) is 2. The molecular weight excluding hydrogens is 238 g/mol. The van der Waals surface area contributed by atoms with E-state index >= 15 is 0 Å². The summed E-state index contributed by atoms with van der Waals surface area (Å²) >= 11 is 0. The number of hydrogen-bond acceptors (Lipinski definition) is 4. The Hall–Kier alpha value is -1.14. The Balaban J connectivity index is 1.68. The molecule has 2 N–H and O–H groups in total. The van der Waals surface area contributed by atoms with Gasteiger partial charge in [0.05, 0.1) is 24.7 Å². The van der Waals surface area contributed by atoms with Crippen LogP contribution in [0.4, 0.5) is 0 Å². The highest BCUT2D eigenvalue weighted by molar-refractivity contribution is 5.89. The number of carbonyl (C=O) groups excluding carboxylic acids is 1. The molecule has 1 amide bonds. The number of carbonyl (C=O) groups is 2. The monoisotopic (exact) mass is 255 g/mol. The van der Waals surface area contributed by atoms with Crippen LogP contribution in [0.3, 0.4) is 0 Å². The van der Waals surface area contributed by atoms with Gasteiger partial charge in [-0.25, -0.2) is 4.79 Å². The SMILES string of the molecule is O=C(NC1(C(=O)O)CCOC1)C1CC2CCC1O2. The van der Waals surface area contributed by atoms with E-state index < -0.39 is 11.5 Å². The van der Waals surface area contributed by atoms with Crippen molar-refractivity contribution in [3.8, 4) is 0 Å². The van der Waals surface area contributed by atoms with Crippen LogP contribution < -0.4 is 5.32 Å². The number of amides is 1. The van der Waals surface area contributed by atoms with Crippen LogP contribution >= 0.6 is 0 Å². The maximum absolute atomic E-state index is 12.2. The van der Waals surface area contributed by atoms with Crippen molar-refractivity contribution < 1.29 is 24.2 Å². The van der Waals surface area contributed by atoms with E-state index in [1.54, 1.807) is 0 Å². The molecule has 2 bridgehead atoms. The number of fused-ring (bicyclic) bond motifs is 2. The second kappa shape index (κ2) is 4.20. The number of carboxylic acid groups (broad SMARTS) is 1. The summed E-state index contributed by atoms with van der Waals surface area (Å²) in [7, 11) is 0. The van der Waals surface area contributed by atoms with Gasteiger partial charge in [0.1, 0.15) is 0 Å². The quantitative estimate of drug-likeness (QED) is 0.736. The molecule has 0 radical (unpaired) electrons. The molecule has 6 nitrogen and oxygen atoms in total. The van der Waals surface area contributed by atoms with Gasteiger partial charge >= 0.3 is 5.97 Å². The van der Waals surface area contributed by atoms with Crippen molar-refractivity contribution >= 4 is 11.9 Å². The minimum absolute atomic E-state index is 0.0248. The van der Waals surface area contributed by atoms with E-state index in [-0.39, 0.29) is 30.6 Å². The number of hydrogen-bond donors (Lipinski definition) is 2. The number of carboxylic acids is 1. The topological polar surface area (TPSA) is 84.9 Å². The highest BCUT2D eigenvalue weighted by atomic mass is 16.5. The molecule has 100 valence electrons. The third kappa shape index (κ3) is 1.80. The molecular formula is C12H17NO5. The summed E-state index contributed by atoms with van der Waals surface area (Å²) in [6.07, 6.45) is 3.12. The summed E-state index contributed by atoms with van der Waals surface area (Å²) in [5.41, 5.74) is -1.24. The van der Waals surface area contributed by atoms with Gasteiger partial charge in [0.25, 0.3) is 0 Å². The maximum Gasteiger partial charge on any atom is 0.331 e. The highest BCUT2D eigenvalue weighted by Crippen LogP contribution is 2.39. The van der Waals surface area contributed by atoms with E-state index in [9.17, 15) is 14.7 Å². The molecule has 3 aliphatic rings. The van der Waals surface area contributed by atoms with Crippen LogP contribution in [-0.4, -0.2) is 47.9 Å². The Morgan fingerprint density at radius 3 is 2.67 bits per heavy atom. The molecule has 0 aliphatic carbocycles. The lowest BCUT2D eigenvalue weighted by atomic mass is 9.87. The summed E-state index contributed by atoms with van der Waals surface area (Å²) in [6.45, 7) is 0.426. The Bertz CT molecular complexity index is 377. The zero-order chi connectivity index (χ0) is 12.8. The van der Waals surface area contributed by atoms with E-state index in [1.165, 1.54) is 0 Å². The van der Waals surface area contributed by atoms with Crippen LogP contribution in [0.25, 0.3) is 0 Å². The second-order valence-corrected chi connectivity index (χ2v) is 5.40. The van der Waals surface area contributed by atoms with Gasteiger partial charge in [-0.2, -0.15) is 0 Å². The van der Waals surface area contributed by atoms with Gasteiger partial charge in [0.2, 0.25) is 5.91 Å². The summed E-state index contributed by atoms with van der Waals surface area (Å²) in [4.78, 5) is 23.5. The number of rotatable bonds is 3. The fourth-order valence-corrected chi connectivity index (χ4v) is 3.13. The average molecular weight is 255 g/mol. The standard InChI is InChI=1S/C12H17NO5/c14-10(8-5-7-1-2-9(8)18-7)13-12(11(15)16)3-4-17-6-12/h7-9H,1-6H2,(H,13,14)(H,15,16). The molecule has 0 aromatic rings. The van der Waals surface area contributed by atoms with E-state index in [2.05, 4.69) is 5.32 Å². The molecule has 6 heteroatoms. The van der Waals surface area contributed by atoms with E-state index in [0.717, 1.165) is 12.8 Å². The van der Waals surface area contributed by atoms with E-state index in [4.69, 9.17) is 9.47 Å². The maximum atomic E-state index is 12.2. The Morgan fingerprint density at radius 2 is 2.17 bits per heavy atom. The molecule has 0 spiro atoms. The van der Waals surface area contributed by atoms with Crippen molar-refractivity contribution in [2.45, 2.75) is 43.4 Å². The first-order valence-electron chi connectivity index (χ1n) is 6.39. The van der Waals surface area contributed by atoms with Gasteiger partial charge in [0.15, 0.2) is 5.54 Å². The lowest BCUT2D eigenvalue weighted by molar-refractivity contribution is -0.148. The number of nitrogens with one attached hydrogen (secondary N) is 1. The molecule has 4 atom stereocenters. The predicted molar refractivity (Wildman–Crippen MR) is 59.9 cm³/mol. The van der Waals surface area contributed by atoms with Crippen LogP contribution in [0.2, 0.25) is 0 Å². The summed E-state index contributed by atoms with van der Waals surface area (Å²) < 4.78 is 10.7. The Labute approximate surface area is 105 Å². The zero-order valence-corrected chi connectivity index (χ0v) is 10.1. The third-order valence-electron chi connectivity index (χ3n) is 4.24. The van der Waals surface area contributed by atoms with Gasteiger partial charge in [-0.1, -0.05) is 0 Å². The predicted octanol–water partition coefficient (Wildman–Crippen LogP) is -0.0862. The molecule has 3 heterocycles. The van der Waals surface area contributed by atoms with Crippen molar-refractivity contribution in [2.24, 2.45) is 5.92 Å². The number of aliphatic carboxylic acids is 1. The van der Waals surface area contributed by atoms with Gasteiger partial charge in [-0.3, -0.25) is 4.79 Å². The van der Waals surface area contributed by atoms with E-state index in [0.29, 0.717) is 19.4 Å². The Kier molecular flexibility index (Phi) is 2.79. The summed E-state index contributed by atoms with van der Waals surface area (Å²) in [6, 6.07) is 0. The molecule has 18 heavy (non-hydrogen) atoms. The van der Waals surface area contributed by atoms with Gasteiger partial charge in [-0.05, 0) is 19.3 Å². The largest absolute Gasteiger partial charge is 0.479 e. The lowest BCUT2D eigenvalue weighted by Gasteiger charge is -2.27. The molecule has 3 rings (SSSR count). The average Bonchev–Trinajstić information content (AvgIpc) is 3.04. The summed E-state index contributed by atoms with van der Waals surface area (Å²) in [5.74, 6) is -1.41. The molecule has 0 saturated carbocycles. The van der Waals surface area contributed by atoms with Crippen molar-refractivity contribution in [1.29, 1.82) is 0 Å².